The summed E-state index contributed by atoms with van der Waals surface area (Å²) in [5.41, 5.74) is 11.9. The Hall–Kier alpha value is -8.15. The summed E-state index contributed by atoms with van der Waals surface area (Å²) in [5, 5.41) is 4.15. The predicted octanol–water partition coefficient (Wildman–Crippen LogP) is 14.7. The lowest BCUT2D eigenvalue weighted by atomic mass is 9.98. The Kier molecular flexibility index (Phi) is 8.75. The van der Waals surface area contributed by atoms with E-state index in [4.69, 9.17) is 19.4 Å². The van der Waals surface area contributed by atoms with Gasteiger partial charge in [-0.05, 0) is 64.0 Å². The number of hydrogen-bond donors (Lipinski definition) is 0. The molecule has 60 heavy (non-hydrogen) atoms. The highest BCUT2D eigenvalue weighted by Crippen LogP contribution is 2.46. The summed E-state index contributed by atoms with van der Waals surface area (Å²) >= 11 is 0. The normalized spacial score (nSPS) is 11.3. The number of hydrogen-bond acceptors (Lipinski definition) is 5. The molecule has 0 unspecified atom stereocenters. The Morgan fingerprint density at radius 3 is 1.52 bits per heavy atom. The summed E-state index contributed by atoms with van der Waals surface area (Å²) in [6.07, 6.45) is 0. The highest BCUT2D eigenvalue weighted by atomic mass is 16.3. The Labute approximate surface area is 347 Å². The first-order valence-corrected chi connectivity index (χ1v) is 20.1. The molecule has 282 valence electrons. The van der Waals surface area contributed by atoms with E-state index in [1.807, 2.05) is 54.6 Å². The van der Waals surface area contributed by atoms with Crippen molar-refractivity contribution >= 4 is 49.8 Å². The van der Waals surface area contributed by atoms with E-state index in [2.05, 4.69) is 169 Å². The molecule has 0 fully saturated rings. The van der Waals surface area contributed by atoms with E-state index in [1.165, 1.54) is 11.1 Å². The van der Waals surface area contributed by atoms with Crippen LogP contribution < -0.4 is 4.90 Å². The van der Waals surface area contributed by atoms with E-state index in [0.717, 1.165) is 77.6 Å². The van der Waals surface area contributed by atoms with Crippen molar-refractivity contribution in [3.63, 3.8) is 0 Å². The highest BCUT2D eigenvalue weighted by Gasteiger charge is 2.23. The topological polar surface area (TPSA) is 55.1 Å². The quantitative estimate of drug-likeness (QED) is 0.154. The number of benzene rings is 9. The molecule has 2 aromatic heterocycles. The minimum atomic E-state index is 0.579. The van der Waals surface area contributed by atoms with E-state index < -0.39 is 0 Å². The molecule has 11 aromatic rings. The van der Waals surface area contributed by atoms with Gasteiger partial charge in [-0.3, -0.25) is 0 Å². The number of anilines is 3. The molecule has 0 N–H and O–H groups in total. The van der Waals surface area contributed by atoms with Crippen LogP contribution in [0.25, 0.3) is 89.1 Å². The number of aromatic nitrogens is 3. The van der Waals surface area contributed by atoms with Gasteiger partial charge in [-0.15, -0.1) is 0 Å². The molecule has 0 aliphatic rings. The minimum absolute atomic E-state index is 0.579. The second kappa shape index (κ2) is 15.0. The van der Waals surface area contributed by atoms with Gasteiger partial charge in [-0.25, -0.2) is 15.0 Å². The largest absolute Gasteiger partial charge is 0.456 e. The van der Waals surface area contributed by atoms with E-state index in [1.54, 1.807) is 0 Å². The molecule has 0 aliphatic heterocycles. The fraction of sp³-hybridized carbons (Fsp3) is 0. The van der Waals surface area contributed by atoms with Crippen LogP contribution >= 0.6 is 0 Å². The molecule has 11 rings (SSSR count). The van der Waals surface area contributed by atoms with Crippen LogP contribution in [0, 0.1) is 0 Å². The van der Waals surface area contributed by atoms with Gasteiger partial charge in [-0.1, -0.05) is 176 Å². The summed E-state index contributed by atoms with van der Waals surface area (Å²) < 4.78 is 6.86. The van der Waals surface area contributed by atoms with Gasteiger partial charge >= 0.3 is 0 Å². The van der Waals surface area contributed by atoms with Crippen molar-refractivity contribution in [2.45, 2.75) is 0 Å². The fourth-order valence-electron chi connectivity index (χ4n) is 8.28. The molecular weight excluding hydrogens is 733 g/mol. The highest BCUT2D eigenvalue weighted by molar-refractivity contribution is 6.25. The zero-order valence-corrected chi connectivity index (χ0v) is 32.5. The van der Waals surface area contributed by atoms with E-state index in [-0.39, 0.29) is 0 Å². The average molecular weight is 769 g/mol. The van der Waals surface area contributed by atoms with Crippen LogP contribution in [-0.2, 0) is 0 Å². The average Bonchev–Trinajstić information content (AvgIpc) is 3.72. The Morgan fingerprint density at radius 2 is 0.817 bits per heavy atom. The maximum atomic E-state index is 6.86. The first-order valence-electron chi connectivity index (χ1n) is 20.1. The van der Waals surface area contributed by atoms with Crippen LogP contribution in [0.4, 0.5) is 17.1 Å². The maximum absolute atomic E-state index is 6.86. The molecule has 0 radical (unpaired) electrons. The van der Waals surface area contributed by atoms with Crippen molar-refractivity contribution in [1.82, 2.24) is 15.0 Å². The Morgan fingerprint density at radius 1 is 0.317 bits per heavy atom. The van der Waals surface area contributed by atoms with Crippen molar-refractivity contribution in [2.24, 2.45) is 0 Å². The van der Waals surface area contributed by atoms with Gasteiger partial charge < -0.3 is 9.32 Å². The molecule has 5 heteroatoms. The summed E-state index contributed by atoms with van der Waals surface area (Å²) in [5.74, 6) is 1.79. The van der Waals surface area contributed by atoms with Gasteiger partial charge in [0.1, 0.15) is 11.2 Å². The molecule has 0 saturated heterocycles. The Balaban J connectivity index is 1.11. The standard InChI is InChI=1S/C55H36N4O/c1-5-17-37(18-6-1)39-31-33-44(34-32-39)59(43-25-11-4-12-26-43)48-36-50-51(46-28-14-13-27-45(46)48)52-47(29-16-30-49(52)60-50)55-57-53(40-21-9-3-10-22-40)56-54(58-55)42-24-15-23-41(35-42)38-19-7-2-8-20-38/h1-36H. The zero-order chi connectivity index (χ0) is 39.8. The van der Waals surface area contributed by atoms with Crippen molar-refractivity contribution < 1.29 is 4.42 Å². The van der Waals surface area contributed by atoms with E-state index in [9.17, 15) is 0 Å². The molecule has 0 atom stereocenters. The van der Waals surface area contributed by atoms with Crippen LogP contribution in [0.15, 0.2) is 223 Å². The smallest absolute Gasteiger partial charge is 0.164 e. The molecule has 0 amide bonds. The van der Waals surface area contributed by atoms with Crippen molar-refractivity contribution in [2.75, 3.05) is 4.90 Å². The van der Waals surface area contributed by atoms with Crippen LogP contribution in [-0.4, -0.2) is 15.0 Å². The number of rotatable bonds is 8. The van der Waals surface area contributed by atoms with Crippen LogP contribution in [0.1, 0.15) is 0 Å². The number of fused-ring (bicyclic) bond motifs is 5. The van der Waals surface area contributed by atoms with Crippen molar-refractivity contribution in [1.29, 1.82) is 0 Å². The first-order chi connectivity index (χ1) is 29.7. The SMILES string of the molecule is c1ccc(-c2ccc(N(c3ccccc3)c3cc4oc5cccc(-c6nc(-c7ccccc7)nc(-c7cccc(-c8ccccc8)c7)n6)c5c4c4ccccc34)cc2)cc1. The second-order valence-electron chi connectivity index (χ2n) is 14.8. The predicted molar refractivity (Wildman–Crippen MR) is 246 cm³/mol. The number of furan rings is 1. The summed E-state index contributed by atoms with van der Waals surface area (Å²) in [6, 6.07) is 75.6. The molecule has 9 aromatic carbocycles. The summed E-state index contributed by atoms with van der Waals surface area (Å²) in [4.78, 5) is 17.8. The van der Waals surface area contributed by atoms with Gasteiger partial charge in [-0.2, -0.15) is 0 Å². The lowest BCUT2D eigenvalue weighted by Crippen LogP contribution is -2.10. The molecular formula is C55H36N4O. The van der Waals surface area contributed by atoms with Crippen molar-refractivity contribution in [3.8, 4) is 56.4 Å². The van der Waals surface area contributed by atoms with Gasteiger partial charge in [0.15, 0.2) is 17.5 Å². The molecule has 0 saturated carbocycles. The number of para-hydroxylation sites is 1. The number of nitrogens with zero attached hydrogens (tertiary/aromatic N) is 4. The summed E-state index contributed by atoms with van der Waals surface area (Å²) in [6.45, 7) is 0. The van der Waals surface area contributed by atoms with Gasteiger partial charge in [0.2, 0.25) is 0 Å². The van der Waals surface area contributed by atoms with Crippen LogP contribution in [0.3, 0.4) is 0 Å². The third-order valence-electron chi connectivity index (χ3n) is 11.1. The lowest BCUT2D eigenvalue weighted by molar-refractivity contribution is 0.669. The minimum Gasteiger partial charge on any atom is -0.456 e. The van der Waals surface area contributed by atoms with Crippen molar-refractivity contribution in [3.05, 3.63) is 218 Å². The van der Waals surface area contributed by atoms with Gasteiger partial charge in [0, 0.05) is 50.3 Å². The second-order valence-corrected chi connectivity index (χ2v) is 14.8. The third kappa shape index (κ3) is 6.35. The van der Waals surface area contributed by atoms with Crippen LogP contribution in [0.5, 0.6) is 0 Å². The van der Waals surface area contributed by atoms with Crippen LogP contribution in [0.2, 0.25) is 0 Å². The molecule has 0 aliphatic carbocycles. The molecule has 0 bridgehead atoms. The lowest BCUT2D eigenvalue weighted by Gasteiger charge is -2.27. The molecule has 5 nitrogen and oxygen atoms in total. The third-order valence-corrected chi connectivity index (χ3v) is 11.1. The van der Waals surface area contributed by atoms with Gasteiger partial charge in [0.05, 0.1) is 5.69 Å². The van der Waals surface area contributed by atoms with E-state index in [0.29, 0.717) is 17.5 Å². The molecule has 0 spiro atoms. The fourth-order valence-corrected chi connectivity index (χ4v) is 8.28. The van der Waals surface area contributed by atoms with E-state index >= 15 is 0 Å². The maximum Gasteiger partial charge on any atom is 0.164 e. The first kappa shape index (κ1) is 35.0. The van der Waals surface area contributed by atoms with Gasteiger partial charge in [0.25, 0.3) is 0 Å². The zero-order valence-electron chi connectivity index (χ0n) is 32.5. The Bertz CT molecular complexity index is 3290. The monoisotopic (exact) mass is 768 g/mol. The molecule has 2 heterocycles. The summed E-state index contributed by atoms with van der Waals surface area (Å²) in [7, 11) is 0.